The molecule has 7 nitrogen and oxygen atoms in total. The van der Waals surface area contributed by atoms with E-state index in [1.54, 1.807) is 24.0 Å². The maximum Gasteiger partial charge on any atom is 0.417 e. The van der Waals surface area contributed by atoms with Crippen LogP contribution in [0.2, 0.25) is 0 Å². The van der Waals surface area contributed by atoms with Gasteiger partial charge in [0.25, 0.3) is 11.8 Å². The fraction of sp³-hybridized carbons (Fsp3) is 0.400. The minimum Gasteiger partial charge on any atom is -0.481 e. The van der Waals surface area contributed by atoms with E-state index in [9.17, 15) is 14.4 Å². The monoisotopic (exact) mass is 304 g/mol. The van der Waals surface area contributed by atoms with E-state index in [-0.39, 0.29) is 24.5 Å². The lowest BCUT2D eigenvalue weighted by molar-refractivity contribution is -0.147. The first kappa shape index (κ1) is 14.4. The molecule has 22 heavy (non-hydrogen) atoms. The van der Waals surface area contributed by atoms with Gasteiger partial charge in [-0.05, 0) is 19.1 Å². The third-order valence-electron chi connectivity index (χ3n) is 3.73. The molecule has 0 N–H and O–H groups in total. The number of ether oxygens (including phenoxy) is 2. The van der Waals surface area contributed by atoms with E-state index < -0.39 is 12.2 Å². The second-order valence-electron chi connectivity index (χ2n) is 5.29. The Morgan fingerprint density at radius 1 is 1.27 bits per heavy atom. The van der Waals surface area contributed by atoms with Gasteiger partial charge in [0.2, 0.25) is 0 Å². The summed E-state index contributed by atoms with van der Waals surface area (Å²) in [6.45, 7) is 2.11. The summed E-state index contributed by atoms with van der Waals surface area (Å²) in [6.07, 6.45) is -1.25. The first-order valence-corrected chi connectivity index (χ1v) is 7.05. The Bertz CT molecular complexity index is 581. The van der Waals surface area contributed by atoms with E-state index in [1.165, 1.54) is 0 Å². The highest BCUT2D eigenvalue weighted by Crippen LogP contribution is 2.21. The topological polar surface area (TPSA) is 76.2 Å². The molecule has 7 heteroatoms. The number of hydrogen-bond donors (Lipinski definition) is 0. The Labute approximate surface area is 127 Å². The zero-order valence-corrected chi connectivity index (χ0v) is 12.1. The quantitative estimate of drug-likeness (QED) is 0.816. The molecular weight excluding hydrogens is 288 g/mol. The Balaban J connectivity index is 1.53. The number of likely N-dealkylation sites (tertiary alicyclic amines) is 1. The van der Waals surface area contributed by atoms with Gasteiger partial charge < -0.3 is 14.4 Å². The van der Waals surface area contributed by atoms with Crippen LogP contribution in [0.25, 0.3) is 0 Å². The molecule has 3 amide bonds. The van der Waals surface area contributed by atoms with Gasteiger partial charge in [-0.1, -0.05) is 18.2 Å². The molecular formula is C15H16N2O5. The minimum absolute atomic E-state index is 0.167. The van der Waals surface area contributed by atoms with Crippen molar-refractivity contribution in [1.82, 2.24) is 9.80 Å². The van der Waals surface area contributed by atoms with Crippen LogP contribution in [0, 0.1) is 0 Å². The summed E-state index contributed by atoms with van der Waals surface area (Å²) in [4.78, 5) is 37.8. The zero-order valence-electron chi connectivity index (χ0n) is 12.1. The summed E-state index contributed by atoms with van der Waals surface area (Å²) < 4.78 is 10.2. The number of carbonyl (C=O) groups is 3. The van der Waals surface area contributed by atoms with Crippen molar-refractivity contribution >= 4 is 17.9 Å². The molecule has 1 aromatic rings. The lowest BCUT2D eigenvalue weighted by Crippen LogP contribution is -2.63. The van der Waals surface area contributed by atoms with Crippen LogP contribution in [-0.4, -0.2) is 59.5 Å². The summed E-state index contributed by atoms with van der Waals surface area (Å²) in [5, 5.41) is 0. The molecule has 1 aromatic carbocycles. The molecule has 2 heterocycles. The second kappa shape index (κ2) is 5.67. The van der Waals surface area contributed by atoms with E-state index in [1.807, 2.05) is 18.2 Å². The highest BCUT2D eigenvalue weighted by molar-refractivity contribution is 5.98. The first-order valence-electron chi connectivity index (χ1n) is 7.05. The molecule has 1 atom stereocenters. The van der Waals surface area contributed by atoms with Gasteiger partial charge in [0.15, 0.2) is 12.7 Å². The van der Waals surface area contributed by atoms with Crippen molar-refractivity contribution in [2.24, 2.45) is 0 Å². The summed E-state index contributed by atoms with van der Waals surface area (Å²) in [5.74, 6) is 0.106. The standard InChI is InChI=1S/C15H16N2O5/c1-10(22-12-5-3-2-4-6-12)14(19)16-7-11(8-16)17-13(18)9-21-15(17)20/h2-6,10-11H,7-9H2,1H3. The second-order valence-corrected chi connectivity index (χ2v) is 5.29. The number of nitrogens with zero attached hydrogens (tertiary/aromatic N) is 2. The summed E-state index contributed by atoms with van der Waals surface area (Å²) in [6, 6.07) is 8.79. The number of imide groups is 1. The molecule has 2 fully saturated rings. The molecule has 1 unspecified atom stereocenters. The van der Waals surface area contributed by atoms with Gasteiger partial charge in [-0.3, -0.25) is 9.59 Å². The third-order valence-corrected chi connectivity index (χ3v) is 3.73. The van der Waals surface area contributed by atoms with Crippen molar-refractivity contribution in [3.05, 3.63) is 30.3 Å². The predicted octanol–water partition coefficient (Wildman–Crippen LogP) is 0.643. The molecule has 2 saturated heterocycles. The maximum atomic E-state index is 12.2. The van der Waals surface area contributed by atoms with Crippen molar-refractivity contribution in [3.63, 3.8) is 0 Å². The zero-order chi connectivity index (χ0) is 15.7. The Hall–Kier alpha value is -2.57. The normalized spacial score (nSPS) is 19.7. The van der Waals surface area contributed by atoms with E-state index >= 15 is 0 Å². The fourth-order valence-corrected chi connectivity index (χ4v) is 2.53. The molecule has 2 aliphatic rings. The fourth-order valence-electron chi connectivity index (χ4n) is 2.53. The number of benzene rings is 1. The van der Waals surface area contributed by atoms with E-state index in [2.05, 4.69) is 4.74 Å². The van der Waals surface area contributed by atoms with Crippen molar-refractivity contribution in [2.75, 3.05) is 19.7 Å². The summed E-state index contributed by atoms with van der Waals surface area (Å²) in [5.41, 5.74) is 0. The smallest absolute Gasteiger partial charge is 0.417 e. The lowest BCUT2D eigenvalue weighted by Gasteiger charge is -2.42. The van der Waals surface area contributed by atoms with Crippen LogP contribution < -0.4 is 4.74 Å². The molecule has 3 rings (SSSR count). The number of carbonyl (C=O) groups excluding carboxylic acids is 3. The molecule has 0 aromatic heterocycles. The number of hydrogen-bond acceptors (Lipinski definition) is 5. The number of amides is 3. The number of para-hydroxylation sites is 1. The largest absolute Gasteiger partial charge is 0.481 e. The van der Waals surface area contributed by atoms with Crippen LogP contribution >= 0.6 is 0 Å². The average Bonchev–Trinajstić information content (AvgIpc) is 2.79. The van der Waals surface area contributed by atoms with Crippen molar-refractivity contribution < 1.29 is 23.9 Å². The molecule has 0 saturated carbocycles. The predicted molar refractivity (Wildman–Crippen MR) is 75.1 cm³/mol. The van der Waals surface area contributed by atoms with Crippen LogP contribution in [0.5, 0.6) is 5.75 Å². The summed E-state index contributed by atoms with van der Waals surface area (Å²) >= 11 is 0. The molecule has 0 spiro atoms. The molecule has 0 bridgehead atoms. The number of rotatable bonds is 4. The van der Waals surface area contributed by atoms with Crippen LogP contribution in [0.1, 0.15) is 6.92 Å². The summed E-state index contributed by atoms with van der Waals surface area (Å²) in [7, 11) is 0. The number of cyclic esters (lactones) is 1. The van der Waals surface area contributed by atoms with Gasteiger partial charge in [-0.2, -0.15) is 0 Å². The van der Waals surface area contributed by atoms with Crippen molar-refractivity contribution in [2.45, 2.75) is 19.1 Å². The molecule has 0 radical (unpaired) electrons. The average molecular weight is 304 g/mol. The Morgan fingerprint density at radius 2 is 1.95 bits per heavy atom. The van der Waals surface area contributed by atoms with Crippen LogP contribution in [0.3, 0.4) is 0 Å². The van der Waals surface area contributed by atoms with E-state index in [4.69, 9.17) is 4.74 Å². The maximum absolute atomic E-state index is 12.2. The van der Waals surface area contributed by atoms with Crippen LogP contribution in [0.4, 0.5) is 4.79 Å². The van der Waals surface area contributed by atoms with Gasteiger partial charge in [0.05, 0.1) is 6.04 Å². The SMILES string of the molecule is CC(Oc1ccccc1)C(=O)N1CC(N2C(=O)COC2=O)C1. The van der Waals surface area contributed by atoms with Gasteiger partial charge in [-0.15, -0.1) is 0 Å². The highest BCUT2D eigenvalue weighted by atomic mass is 16.6. The molecule has 0 aliphatic carbocycles. The first-order chi connectivity index (χ1) is 10.6. The van der Waals surface area contributed by atoms with Crippen molar-refractivity contribution in [1.29, 1.82) is 0 Å². The van der Waals surface area contributed by atoms with Crippen LogP contribution in [-0.2, 0) is 14.3 Å². The van der Waals surface area contributed by atoms with Gasteiger partial charge in [0.1, 0.15) is 5.75 Å². The van der Waals surface area contributed by atoms with E-state index in [0.29, 0.717) is 18.8 Å². The van der Waals surface area contributed by atoms with Crippen molar-refractivity contribution in [3.8, 4) is 5.75 Å². The molecule has 2 aliphatic heterocycles. The van der Waals surface area contributed by atoms with Gasteiger partial charge in [0, 0.05) is 13.1 Å². The minimum atomic E-state index is -0.629. The Morgan fingerprint density at radius 3 is 2.55 bits per heavy atom. The molecule has 116 valence electrons. The lowest BCUT2D eigenvalue weighted by atomic mass is 10.1. The van der Waals surface area contributed by atoms with Gasteiger partial charge >= 0.3 is 6.09 Å². The van der Waals surface area contributed by atoms with E-state index in [0.717, 1.165) is 4.90 Å². The third kappa shape index (κ3) is 2.61. The highest BCUT2D eigenvalue weighted by Gasteiger charge is 2.45. The van der Waals surface area contributed by atoms with Gasteiger partial charge in [-0.25, -0.2) is 9.69 Å². The Kier molecular flexibility index (Phi) is 3.70. The van der Waals surface area contributed by atoms with Crippen LogP contribution in [0.15, 0.2) is 30.3 Å².